The fraction of sp³-hybridized carbons (Fsp3) is 0.409. The molecule has 0 fully saturated rings. The second kappa shape index (κ2) is 7.91. The first kappa shape index (κ1) is 19.1. The number of aryl methyl sites for hydroxylation is 2. The predicted octanol–water partition coefficient (Wildman–Crippen LogP) is 4.61. The standard InChI is InChI=1S/C22H28N4O/c1-6-11-26-14-17(13-23-26)21-16(5)20(22(27)25(7-2)8-3)18-12-15(4)9-10-19(18)24-21/h9-10,12-14H,6-8,11H2,1-5H3. The lowest BCUT2D eigenvalue weighted by Crippen LogP contribution is -2.31. The molecule has 0 saturated carbocycles. The summed E-state index contributed by atoms with van der Waals surface area (Å²) in [6, 6.07) is 6.11. The van der Waals surface area contributed by atoms with Gasteiger partial charge in [-0.05, 0) is 51.8 Å². The van der Waals surface area contributed by atoms with Gasteiger partial charge in [-0.15, -0.1) is 0 Å². The Kier molecular flexibility index (Phi) is 5.59. The first-order valence-electron chi connectivity index (χ1n) is 9.73. The van der Waals surface area contributed by atoms with Gasteiger partial charge in [0.1, 0.15) is 0 Å². The van der Waals surface area contributed by atoms with E-state index in [0.29, 0.717) is 13.1 Å². The molecule has 0 N–H and O–H groups in total. The SMILES string of the molecule is CCCn1cc(-c2nc3ccc(C)cc3c(C(=O)N(CC)CC)c2C)cn1. The van der Waals surface area contributed by atoms with E-state index in [2.05, 4.69) is 18.1 Å². The van der Waals surface area contributed by atoms with E-state index < -0.39 is 0 Å². The van der Waals surface area contributed by atoms with Crippen molar-refractivity contribution in [3.05, 3.63) is 47.3 Å². The quantitative estimate of drug-likeness (QED) is 0.642. The van der Waals surface area contributed by atoms with Crippen LogP contribution in [-0.2, 0) is 6.54 Å². The van der Waals surface area contributed by atoms with Gasteiger partial charge in [0.15, 0.2) is 0 Å². The number of carbonyl (C=O) groups is 1. The smallest absolute Gasteiger partial charge is 0.254 e. The number of nitrogens with zero attached hydrogens (tertiary/aromatic N) is 4. The molecule has 0 saturated heterocycles. The van der Waals surface area contributed by atoms with E-state index in [-0.39, 0.29) is 5.91 Å². The van der Waals surface area contributed by atoms with E-state index in [4.69, 9.17) is 4.98 Å². The Labute approximate surface area is 161 Å². The summed E-state index contributed by atoms with van der Waals surface area (Å²) in [5.74, 6) is 0.0673. The Morgan fingerprint density at radius 2 is 1.89 bits per heavy atom. The van der Waals surface area contributed by atoms with Crippen LogP contribution >= 0.6 is 0 Å². The molecular formula is C22H28N4O. The van der Waals surface area contributed by atoms with Crippen LogP contribution in [0.2, 0.25) is 0 Å². The summed E-state index contributed by atoms with van der Waals surface area (Å²) in [5.41, 5.74) is 5.44. The predicted molar refractivity (Wildman–Crippen MR) is 110 cm³/mol. The Hall–Kier alpha value is -2.69. The van der Waals surface area contributed by atoms with Gasteiger partial charge in [0, 0.05) is 36.8 Å². The lowest BCUT2D eigenvalue weighted by atomic mass is 9.97. The first-order valence-corrected chi connectivity index (χ1v) is 9.73. The maximum atomic E-state index is 13.3. The summed E-state index contributed by atoms with van der Waals surface area (Å²) in [6.45, 7) is 12.5. The van der Waals surface area contributed by atoms with Gasteiger partial charge in [-0.1, -0.05) is 18.6 Å². The van der Waals surface area contributed by atoms with Gasteiger partial charge in [0.25, 0.3) is 5.91 Å². The average molecular weight is 364 g/mol. The molecule has 0 spiro atoms. The zero-order chi connectivity index (χ0) is 19.6. The van der Waals surface area contributed by atoms with Crippen LogP contribution in [0.3, 0.4) is 0 Å². The van der Waals surface area contributed by atoms with Crippen molar-refractivity contribution < 1.29 is 4.79 Å². The Bertz CT molecular complexity index is 970. The van der Waals surface area contributed by atoms with E-state index in [0.717, 1.165) is 51.8 Å². The van der Waals surface area contributed by atoms with E-state index in [1.807, 2.05) is 61.8 Å². The van der Waals surface area contributed by atoms with Gasteiger partial charge >= 0.3 is 0 Å². The van der Waals surface area contributed by atoms with Crippen LogP contribution < -0.4 is 0 Å². The highest BCUT2D eigenvalue weighted by Crippen LogP contribution is 2.31. The molecule has 27 heavy (non-hydrogen) atoms. The van der Waals surface area contributed by atoms with Crippen molar-refractivity contribution in [2.45, 2.75) is 47.6 Å². The van der Waals surface area contributed by atoms with Crippen LogP contribution in [0.25, 0.3) is 22.2 Å². The number of fused-ring (bicyclic) bond motifs is 1. The van der Waals surface area contributed by atoms with Crippen LogP contribution in [0.5, 0.6) is 0 Å². The molecule has 2 heterocycles. The third-order valence-electron chi connectivity index (χ3n) is 5.01. The lowest BCUT2D eigenvalue weighted by Gasteiger charge is -2.22. The van der Waals surface area contributed by atoms with E-state index in [1.54, 1.807) is 0 Å². The van der Waals surface area contributed by atoms with Crippen molar-refractivity contribution in [2.24, 2.45) is 0 Å². The van der Waals surface area contributed by atoms with Crippen molar-refractivity contribution in [3.8, 4) is 11.3 Å². The summed E-state index contributed by atoms with van der Waals surface area (Å²) >= 11 is 0. The highest BCUT2D eigenvalue weighted by molar-refractivity contribution is 6.09. The molecule has 5 heteroatoms. The monoisotopic (exact) mass is 364 g/mol. The largest absolute Gasteiger partial charge is 0.339 e. The highest BCUT2D eigenvalue weighted by atomic mass is 16.2. The Morgan fingerprint density at radius 1 is 1.15 bits per heavy atom. The van der Waals surface area contributed by atoms with Crippen molar-refractivity contribution in [1.82, 2.24) is 19.7 Å². The lowest BCUT2D eigenvalue weighted by molar-refractivity contribution is 0.0774. The second-order valence-electron chi connectivity index (χ2n) is 6.95. The van der Waals surface area contributed by atoms with Gasteiger partial charge < -0.3 is 4.90 Å². The van der Waals surface area contributed by atoms with Crippen LogP contribution in [0.1, 0.15) is 48.7 Å². The molecule has 3 rings (SSSR count). The molecule has 0 atom stereocenters. The van der Waals surface area contributed by atoms with Gasteiger partial charge in [-0.2, -0.15) is 5.10 Å². The van der Waals surface area contributed by atoms with Crippen LogP contribution in [-0.4, -0.2) is 38.7 Å². The number of rotatable bonds is 6. The minimum atomic E-state index is 0.0673. The molecule has 1 aromatic carbocycles. The summed E-state index contributed by atoms with van der Waals surface area (Å²) < 4.78 is 1.93. The van der Waals surface area contributed by atoms with Crippen LogP contribution in [0, 0.1) is 13.8 Å². The minimum absolute atomic E-state index is 0.0673. The normalized spacial score (nSPS) is 11.1. The molecule has 0 radical (unpaired) electrons. The van der Waals surface area contributed by atoms with E-state index in [9.17, 15) is 4.79 Å². The topological polar surface area (TPSA) is 51.0 Å². The first-order chi connectivity index (χ1) is 13.0. The van der Waals surface area contributed by atoms with Gasteiger partial charge in [0.05, 0.1) is 23.0 Å². The zero-order valence-electron chi connectivity index (χ0n) is 16.9. The Morgan fingerprint density at radius 3 is 2.56 bits per heavy atom. The summed E-state index contributed by atoms with van der Waals surface area (Å²) in [4.78, 5) is 20.1. The molecule has 142 valence electrons. The summed E-state index contributed by atoms with van der Waals surface area (Å²) in [5, 5.41) is 5.37. The maximum absolute atomic E-state index is 13.3. The van der Waals surface area contributed by atoms with Crippen molar-refractivity contribution in [3.63, 3.8) is 0 Å². The summed E-state index contributed by atoms with van der Waals surface area (Å²) in [7, 11) is 0. The number of carbonyl (C=O) groups excluding carboxylic acids is 1. The number of hydrogen-bond donors (Lipinski definition) is 0. The molecule has 0 bridgehead atoms. The summed E-state index contributed by atoms with van der Waals surface area (Å²) in [6.07, 6.45) is 4.89. The molecule has 0 aliphatic heterocycles. The zero-order valence-corrected chi connectivity index (χ0v) is 16.9. The number of hydrogen-bond acceptors (Lipinski definition) is 3. The fourth-order valence-electron chi connectivity index (χ4n) is 3.54. The highest BCUT2D eigenvalue weighted by Gasteiger charge is 2.22. The van der Waals surface area contributed by atoms with Gasteiger partial charge in [-0.3, -0.25) is 9.48 Å². The molecule has 0 aliphatic rings. The maximum Gasteiger partial charge on any atom is 0.254 e. The van der Waals surface area contributed by atoms with Gasteiger partial charge in [0.2, 0.25) is 0 Å². The number of benzene rings is 1. The molecule has 0 unspecified atom stereocenters. The molecule has 3 aromatic rings. The number of aromatic nitrogens is 3. The second-order valence-corrected chi connectivity index (χ2v) is 6.95. The molecule has 2 aromatic heterocycles. The Balaban J connectivity index is 2.25. The number of amides is 1. The molecular weight excluding hydrogens is 336 g/mol. The van der Waals surface area contributed by atoms with E-state index in [1.165, 1.54) is 0 Å². The van der Waals surface area contributed by atoms with Gasteiger partial charge in [-0.25, -0.2) is 4.98 Å². The molecule has 0 aliphatic carbocycles. The van der Waals surface area contributed by atoms with Crippen molar-refractivity contribution in [1.29, 1.82) is 0 Å². The third kappa shape index (κ3) is 3.59. The van der Waals surface area contributed by atoms with E-state index >= 15 is 0 Å². The van der Waals surface area contributed by atoms with Crippen LogP contribution in [0.4, 0.5) is 0 Å². The molecule has 5 nitrogen and oxygen atoms in total. The van der Waals surface area contributed by atoms with Crippen molar-refractivity contribution in [2.75, 3.05) is 13.1 Å². The third-order valence-corrected chi connectivity index (χ3v) is 5.01. The van der Waals surface area contributed by atoms with Crippen LogP contribution in [0.15, 0.2) is 30.6 Å². The molecule has 1 amide bonds. The number of pyridine rings is 1. The average Bonchev–Trinajstić information content (AvgIpc) is 3.11. The fourth-order valence-corrected chi connectivity index (χ4v) is 3.54. The van der Waals surface area contributed by atoms with Crippen molar-refractivity contribution >= 4 is 16.8 Å². The minimum Gasteiger partial charge on any atom is -0.339 e.